The molecule has 88 valence electrons. The maximum atomic E-state index is 12.3. The van der Waals surface area contributed by atoms with Crippen molar-refractivity contribution in [3.63, 3.8) is 0 Å². The summed E-state index contributed by atoms with van der Waals surface area (Å²) in [4.78, 5) is 15.5. The van der Waals surface area contributed by atoms with Crippen molar-refractivity contribution >= 4 is 16.7 Å². The zero-order valence-electron chi connectivity index (χ0n) is 10.1. The van der Waals surface area contributed by atoms with Crippen molar-refractivity contribution in [2.75, 3.05) is 0 Å². The third kappa shape index (κ3) is 1.16. The minimum atomic E-state index is -0.0704. The van der Waals surface area contributed by atoms with Crippen LogP contribution in [0.5, 0.6) is 0 Å². The first-order valence-electron chi connectivity index (χ1n) is 5.68. The summed E-state index contributed by atoms with van der Waals surface area (Å²) in [5.41, 5.74) is 4.06. The van der Waals surface area contributed by atoms with Gasteiger partial charge in [-0.1, -0.05) is 12.1 Å². The van der Waals surface area contributed by atoms with Crippen molar-refractivity contribution in [3.8, 4) is 6.07 Å². The second kappa shape index (κ2) is 3.47. The van der Waals surface area contributed by atoms with E-state index in [0.717, 1.165) is 16.6 Å². The average molecular weight is 237 g/mol. The molecular formula is C14H11N3O. The number of para-hydroxylation sites is 2. The molecule has 0 atom stereocenters. The SMILES string of the molecule is Cc1c(C)c(=O)n2c([nH]c3ccccc32)c1C#N. The van der Waals surface area contributed by atoms with Crippen LogP contribution in [-0.2, 0) is 0 Å². The highest BCUT2D eigenvalue weighted by molar-refractivity contribution is 5.82. The summed E-state index contributed by atoms with van der Waals surface area (Å²) in [6.07, 6.45) is 0. The Balaban J connectivity index is 2.74. The topological polar surface area (TPSA) is 61.1 Å². The van der Waals surface area contributed by atoms with E-state index in [0.29, 0.717) is 16.8 Å². The van der Waals surface area contributed by atoms with Gasteiger partial charge in [-0.05, 0) is 31.5 Å². The van der Waals surface area contributed by atoms with Crippen LogP contribution in [0.1, 0.15) is 16.7 Å². The molecule has 0 saturated heterocycles. The van der Waals surface area contributed by atoms with Gasteiger partial charge in [0.1, 0.15) is 11.7 Å². The molecule has 0 saturated carbocycles. The zero-order valence-corrected chi connectivity index (χ0v) is 10.1. The molecule has 3 rings (SSSR count). The molecule has 3 aromatic rings. The van der Waals surface area contributed by atoms with Crippen LogP contribution in [0.25, 0.3) is 16.7 Å². The molecule has 0 aliphatic carbocycles. The number of hydrogen-bond donors (Lipinski definition) is 1. The van der Waals surface area contributed by atoms with Crippen molar-refractivity contribution in [1.29, 1.82) is 5.26 Å². The lowest BCUT2D eigenvalue weighted by Crippen LogP contribution is -2.18. The quantitative estimate of drug-likeness (QED) is 0.652. The Morgan fingerprint density at radius 1 is 1.22 bits per heavy atom. The van der Waals surface area contributed by atoms with Crippen molar-refractivity contribution in [3.05, 3.63) is 51.3 Å². The Labute approximate surface area is 103 Å². The number of aromatic nitrogens is 2. The lowest BCUT2D eigenvalue weighted by atomic mass is 10.1. The van der Waals surface area contributed by atoms with Crippen LogP contribution < -0.4 is 5.56 Å². The highest BCUT2D eigenvalue weighted by atomic mass is 16.1. The highest BCUT2D eigenvalue weighted by Crippen LogP contribution is 2.20. The first kappa shape index (κ1) is 10.6. The molecule has 4 nitrogen and oxygen atoms in total. The van der Waals surface area contributed by atoms with Gasteiger partial charge in [0.05, 0.1) is 16.6 Å². The molecule has 0 amide bonds. The summed E-state index contributed by atoms with van der Waals surface area (Å²) >= 11 is 0. The monoisotopic (exact) mass is 237 g/mol. The van der Waals surface area contributed by atoms with E-state index in [9.17, 15) is 10.1 Å². The summed E-state index contributed by atoms with van der Waals surface area (Å²) in [5.74, 6) is 0. The molecule has 1 aromatic carbocycles. The smallest absolute Gasteiger partial charge is 0.260 e. The number of aromatic amines is 1. The lowest BCUT2D eigenvalue weighted by Gasteiger charge is -2.04. The van der Waals surface area contributed by atoms with Crippen LogP contribution >= 0.6 is 0 Å². The van der Waals surface area contributed by atoms with E-state index in [1.165, 1.54) is 0 Å². The summed E-state index contributed by atoms with van der Waals surface area (Å²) in [5, 5.41) is 9.27. The molecule has 0 bridgehead atoms. The molecule has 2 aromatic heterocycles. The molecule has 0 aliphatic rings. The Morgan fingerprint density at radius 3 is 2.67 bits per heavy atom. The van der Waals surface area contributed by atoms with E-state index >= 15 is 0 Å². The molecule has 0 spiro atoms. The van der Waals surface area contributed by atoms with Crippen LogP contribution in [0.4, 0.5) is 0 Å². The van der Waals surface area contributed by atoms with E-state index in [2.05, 4.69) is 11.1 Å². The number of nitrogens with zero attached hydrogens (tertiary/aromatic N) is 2. The number of fused-ring (bicyclic) bond motifs is 3. The van der Waals surface area contributed by atoms with Crippen molar-refractivity contribution in [1.82, 2.24) is 9.38 Å². The predicted molar refractivity (Wildman–Crippen MR) is 69.7 cm³/mol. The third-order valence-corrected chi connectivity index (χ3v) is 3.43. The highest BCUT2D eigenvalue weighted by Gasteiger charge is 2.15. The normalized spacial score (nSPS) is 10.9. The zero-order chi connectivity index (χ0) is 12.9. The second-order valence-electron chi connectivity index (χ2n) is 4.37. The van der Waals surface area contributed by atoms with Gasteiger partial charge in [0, 0.05) is 5.56 Å². The first-order chi connectivity index (χ1) is 8.65. The number of H-pyrrole nitrogens is 1. The Morgan fingerprint density at radius 2 is 1.94 bits per heavy atom. The van der Waals surface area contributed by atoms with Gasteiger partial charge in [0.2, 0.25) is 0 Å². The van der Waals surface area contributed by atoms with E-state index < -0.39 is 0 Å². The fourth-order valence-corrected chi connectivity index (χ4v) is 2.29. The second-order valence-corrected chi connectivity index (χ2v) is 4.37. The Bertz CT molecular complexity index is 878. The maximum Gasteiger partial charge on any atom is 0.260 e. The summed E-state index contributed by atoms with van der Waals surface area (Å²) in [7, 11) is 0. The van der Waals surface area contributed by atoms with Crippen LogP contribution in [0.3, 0.4) is 0 Å². The van der Waals surface area contributed by atoms with Crippen molar-refractivity contribution < 1.29 is 0 Å². The number of pyridine rings is 1. The van der Waals surface area contributed by atoms with Gasteiger partial charge in [-0.15, -0.1) is 0 Å². The van der Waals surface area contributed by atoms with Gasteiger partial charge in [-0.25, -0.2) is 0 Å². The molecule has 4 heteroatoms. The van der Waals surface area contributed by atoms with E-state index in [1.807, 2.05) is 24.3 Å². The van der Waals surface area contributed by atoms with Crippen molar-refractivity contribution in [2.24, 2.45) is 0 Å². The average Bonchev–Trinajstić information content (AvgIpc) is 2.76. The number of hydrogen-bond acceptors (Lipinski definition) is 2. The van der Waals surface area contributed by atoms with E-state index in [1.54, 1.807) is 18.2 Å². The Kier molecular flexibility index (Phi) is 2.05. The molecule has 0 aliphatic heterocycles. The maximum absolute atomic E-state index is 12.3. The predicted octanol–water partition coefficient (Wildman–Crippen LogP) is 2.27. The number of rotatable bonds is 0. The van der Waals surface area contributed by atoms with Crippen LogP contribution in [0, 0.1) is 25.2 Å². The number of nitrogens with one attached hydrogen (secondary N) is 1. The van der Waals surface area contributed by atoms with Crippen LogP contribution in [0.2, 0.25) is 0 Å². The third-order valence-electron chi connectivity index (χ3n) is 3.43. The number of nitriles is 1. The number of imidazole rings is 1. The van der Waals surface area contributed by atoms with Crippen LogP contribution in [0.15, 0.2) is 29.1 Å². The summed E-state index contributed by atoms with van der Waals surface area (Å²) in [6.45, 7) is 3.56. The lowest BCUT2D eigenvalue weighted by molar-refractivity contribution is 1.08. The minimum absolute atomic E-state index is 0.0704. The van der Waals surface area contributed by atoms with Gasteiger partial charge < -0.3 is 4.98 Å². The first-order valence-corrected chi connectivity index (χ1v) is 5.68. The molecule has 0 unspecified atom stereocenters. The molecule has 0 fully saturated rings. The molecule has 18 heavy (non-hydrogen) atoms. The van der Waals surface area contributed by atoms with Gasteiger partial charge in [-0.2, -0.15) is 5.26 Å². The summed E-state index contributed by atoms with van der Waals surface area (Å²) in [6, 6.07) is 9.72. The molecule has 0 radical (unpaired) electrons. The van der Waals surface area contributed by atoms with Gasteiger partial charge >= 0.3 is 0 Å². The fraction of sp³-hybridized carbons (Fsp3) is 0.143. The van der Waals surface area contributed by atoms with Crippen LogP contribution in [-0.4, -0.2) is 9.38 Å². The van der Waals surface area contributed by atoms with Gasteiger partial charge in [0.25, 0.3) is 5.56 Å². The molecule has 2 heterocycles. The van der Waals surface area contributed by atoms with Crippen molar-refractivity contribution in [2.45, 2.75) is 13.8 Å². The Hall–Kier alpha value is -2.54. The standard InChI is InChI=1S/C14H11N3O/c1-8-9(2)14(18)17-12-6-4-3-5-11(12)16-13(17)10(8)7-15/h3-6,16H,1-2H3. The largest absolute Gasteiger partial charge is 0.338 e. The van der Waals surface area contributed by atoms with Gasteiger partial charge in [0.15, 0.2) is 0 Å². The summed E-state index contributed by atoms with van der Waals surface area (Å²) < 4.78 is 1.58. The minimum Gasteiger partial charge on any atom is -0.338 e. The fourth-order valence-electron chi connectivity index (χ4n) is 2.29. The van der Waals surface area contributed by atoms with E-state index in [-0.39, 0.29) is 5.56 Å². The van der Waals surface area contributed by atoms with Gasteiger partial charge in [-0.3, -0.25) is 9.20 Å². The van der Waals surface area contributed by atoms with E-state index in [4.69, 9.17) is 0 Å². The molecular weight excluding hydrogens is 226 g/mol. The molecule has 1 N–H and O–H groups in total. The number of benzene rings is 1.